The van der Waals surface area contributed by atoms with E-state index in [-0.39, 0.29) is 6.42 Å². The van der Waals surface area contributed by atoms with Crippen molar-refractivity contribution in [2.45, 2.75) is 6.42 Å². The molecule has 0 aromatic heterocycles. The maximum absolute atomic E-state index is 9.53. The van der Waals surface area contributed by atoms with Crippen LogP contribution in [0, 0.1) is 0 Å². The van der Waals surface area contributed by atoms with Gasteiger partial charge in [-0.3, -0.25) is 4.79 Å². The van der Waals surface area contributed by atoms with Crippen LogP contribution < -0.4 is 0 Å². The molecule has 0 atom stereocenters. The molecule has 0 radical (unpaired) electrons. The van der Waals surface area contributed by atoms with Crippen molar-refractivity contribution in [3.63, 3.8) is 0 Å². The van der Waals surface area contributed by atoms with E-state index in [1.807, 2.05) is 0 Å². The minimum Gasteiger partial charge on any atom is -0.481 e. The highest BCUT2D eigenvalue weighted by Crippen LogP contribution is 1.74. The van der Waals surface area contributed by atoms with Crippen molar-refractivity contribution in [1.82, 2.24) is 0 Å². The van der Waals surface area contributed by atoms with Gasteiger partial charge >= 0.3 is 5.97 Å². The van der Waals surface area contributed by atoms with Gasteiger partial charge in [-0.15, -0.1) is 19.7 Å². The van der Waals surface area contributed by atoms with E-state index in [4.69, 9.17) is 16.7 Å². The van der Waals surface area contributed by atoms with Crippen LogP contribution in [0.3, 0.4) is 0 Å². The maximum Gasteiger partial charge on any atom is 0.307 e. The Morgan fingerprint density at radius 3 is 1.73 bits per heavy atom. The Morgan fingerprint density at radius 1 is 1.45 bits per heavy atom. The van der Waals surface area contributed by atoms with Crippen LogP contribution in [0.4, 0.5) is 0 Å². The Morgan fingerprint density at radius 2 is 1.73 bits per heavy atom. The number of hydrogen-bond donors (Lipinski definition) is 1. The molecule has 0 heterocycles. The molecule has 0 saturated heterocycles. The summed E-state index contributed by atoms with van der Waals surface area (Å²) in [5, 5.41) is 7.84. The molecule has 0 rings (SSSR count). The predicted molar refractivity (Wildman–Crippen MR) is 49.8 cm³/mol. The molecule has 0 spiro atoms. The first kappa shape index (κ1) is 16.5. The van der Waals surface area contributed by atoms with E-state index in [2.05, 4.69) is 26.3 Å². The van der Waals surface area contributed by atoms with Crippen molar-refractivity contribution in [3.8, 4) is 0 Å². The summed E-state index contributed by atoms with van der Waals surface area (Å²) in [5.74, 6) is -0.829. The third-order valence-electron chi connectivity index (χ3n) is 0.319. The van der Waals surface area contributed by atoms with Crippen LogP contribution in [0.2, 0.25) is 0 Å². The van der Waals surface area contributed by atoms with Crippen molar-refractivity contribution < 1.29 is 9.90 Å². The Balaban J connectivity index is -0.000000109. The fourth-order valence-corrected chi connectivity index (χ4v) is 0.123. The van der Waals surface area contributed by atoms with Gasteiger partial charge in [-0.25, -0.2) is 0 Å². The number of carboxylic acids is 1. The third kappa shape index (κ3) is 112. The van der Waals surface area contributed by atoms with Gasteiger partial charge in [0, 0.05) is 0 Å². The monoisotopic (exact) mass is 176 g/mol. The van der Waals surface area contributed by atoms with Crippen LogP contribution in [0.25, 0.3) is 0 Å². The van der Waals surface area contributed by atoms with Crippen LogP contribution in [0.1, 0.15) is 6.42 Å². The van der Waals surface area contributed by atoms with Crippen molar-refractivity contribution in [1.29, 1.82) is 0 Å². The summed E-state index contributed by atoms with van der Waals surface area (Å²) in [7, 11) is 0. The molecule has 0 fully saturated rings. The quantitative estimate of drug-likeness (QED) is 0.657. The number of hydrogen-bond acceptors (Lipinski definition) is 1. The first-order valence-electron chi connectivity index (χ1n) is 2.72. The summed E-state index contributed by atoms with van der Waals surface area (Å²) < 4.78 is 0. The largest absolute Gasteiger partial charge is 0.481 e. The van der Waals surface area contributed by atoms with Crippen LogP contribution in [-0.4, -0.2) is 11.1 Å². The Labute approximate surface area is 72.5 Å². The van der Waals surface area contributed by atoms with Crippen LogP contribution >= 0.6 is 11.6 Å². The van der Waals surface area contributed by atoms with Crippen LogP contribution in [-0.2, 0) is 4.79 Å². The zero-order valence-electron chi connectivity index (χ0n) is 6.42. The number of rotatable bonds is 2. The number of carboxylic acid groups (broad SMARTS) is 1. The van der Waals surface area contributed by atoms with E-state index in [0.717, 1.165) is 0 Å². The highest BCUT2D eigenvalue weighted by atomic mass is 35.5. The molecule has 0 unspecified atom stereocenters. The van der Waals surface area contributed by atoms with Crippen molar-refractivity contribution >= 4 is 17.6 Å². The molecule has 11 heavy (non-hydrogen) atoms. The summed E-state index contributed by atoms with van der Waals surface area (Å²) in [5.41, 5.74) is 1.22. The zero-order valence-corrected chi connectivity index (χ0v) is 7.18. The second-order valence-electron chi connectivity index (χ2n) is 1.04. The minimum absolute atomic E-state index is 0.0556. The highest BCUT2D eigenvalue weighted by Gasteiger charge is 1.84. The second kappa shape index (κ2) is 23.1. The molecule has 3 heteroatoms. The Hall–Kier alpha value is -1.02. The Kier molecular flexibility index (Phi) is 34.6. The van der Waals surface area contributed by atoms with Gasteiger partial charge in [0.05, 0.1) is 6.42 Å². The summed E-state index contributed by atoms with van der Waals surface area (Å²) in [6.07, 6.45) is 1.41. The van der Waals surface area contributed by atoms with E-state index < -0.39 is 5.97 Å². The fraction of sp³-hybridized carbons (Fsp3) is 0.125. The SMILES string of the molecule is C=C.C=CCC(=O)O.C=CCl. The molecule has 0 aromatic rings. The lowest BCUT2D eigenvalue weighted by Gasteiger charge is -1.75. The van der Waals surface area contributed by atoms with Gasteiger partial charge < -0.3 is 5.11 Å². The molecule has 0 aromatic carbocycles. The molecule has 0 saturated carbocycles. The minimum atomic E-state index is -0.829. The van der Waals surface area contributed by atoms with Gasteiger partial charge in [-0.2, -0.15) is 0 Å². The number of aliphatic carboxylic acids is 1. The summed E-state index contributed by atoms with van der Waals surface area (Å²) in [6.45, 7) is 12.3. The smallest absolute Gasteiger partial charge is 0.307 e. The number of carbonyl (C=O) groups is 1. The van der Waals surface area contributed by atoms with E-state index in [0.29, 0.717) is 0 Å². The molecule has 2 nitrogen and oxygen atoms in total. The lowest BCUT2D eigenvalue weighted by atomic mass is 10.4. The normalized spacial score (nSPS) is 5.55. The van der Waals surface area contributed by atoms with Gasteiger partial charge in [0.15, 0.2) is 0 Å². The lowest BCUT2D eigenvalue weighted by molar-refractivity contribution is -0.135. The van der Waals surface area contributed by atoms with E-state index in [1.165, 1.54) is 11.6 Å². The number of halogens is 1. The molecule has 64 valence electrons. The molecular weight excluding hydrogens is 164 g/mol. The van der Waals surface area contributed by atoms with Crippen molar-refractivity contribution in [2.75, 3.05) is 0 Å². The van der Waals surface area contributed by atoms with Gasteiger partial charge in [-0.05, 0) is 5.54 Å². The maximum atomic E-state index is 9.53. The summed E-state index contributed by atoms with van der Waals surface area (Å²) in [6, 6.07) is 0. The average Bonchev–Trinajstić information content (AvgIpc) is 1.93. The average molecular weight is 177 g/mol. The fourth-order valence-electron chi connectivity index (χ4n) is 0.123. The topological polar surface area (TPSA) is 37.3 Å². The standard InChI is InChI=1S/C4H6O2.C2H3Cl.C2H4/c1-2-3-4(5)6;1-2-3;1-2/h2H,1,3H2,(H,5,6);2H,1H2;1-2H2. The molecule has 0 aliphatic heterocycles. The van der Waals surface area contributed by atoms with E-state index >= 15 is 0 Å². The Bertz CT molecular complexity index is 111. The molecule has 0 amide bonds. The second-order valence-corrected chi connectivity index (χ2v) is 1.35. The lowest BCUT2D eigenvalue weighted by Crippen LogP contribution is -1.88. The van der Waals surface area contributed by atoms with E-state index in [9.17, 15) is 4.79 Å². The first-order valence-corrected chi connectivity index (χ1v) is 3.16. The highest BCUT2D eigenvalue weighted by molar-refractivity contribution is 6.25. The van der Waals surface area contributed by atoms with Gasteiger partial charge in [-0.1, -0.05) is 24.3 Å². The van der Waals surface area contributed by atoms with Crippen molar-refractivity contribution in [2.24, 2.45) is 0 Å². The summed E-state index contributed by atoms with van der Waals surface area (Å²) in [4.78, 5) is 9.53. The van der Waals surface area contributed by atoms with Gasteiger partial charge in [0.25, 0.3) is 0 Å². The van der Waals surface area contributed by atoms with Gasteiger partial charge in [0.1, 0.15) is 0 Å². The molecule has 0 aliphatic carbocycles. The van der Waals surface area contributed by atoms with Gasteiger partial charge in [0.2, 0.25) is 0 Å². The molecular formula is C8H13ClO2. The van der Waals surface area contributed by atoms with Crippen molar-refractivity contribution in [3.05, 3.63) is 37.9 Å². The summed E-state index contributed by atoms with van der Waals surface area (Å²) >= 11 is 4.76. The third-order valence-corrected chi connectivity index (χ3v) is 0.319. The molecule has 0 aliphatic rings. The molecule has 1 N–H and O–H groups in total. The zero-order chi connectivity index (χ0) is 9.70. The predicted octanol–water partition coefficient (Wildman–Crippen LogP) is 2.82. The van der Waals surface area contributed by atoms with Crippen LogP contribution in [0.5, 0.6) is 0 Å². The first-order chi connectivity index (χ1) is 5.18. The van der Waals surface area contributed by atoms with Crippen LogP contribution in [0.15, 0.2) is 37.9 Å². The molecule has 0 bridgehead atoms. The van der Waals surface area contributed by atoms with E-state index in [1.54, 1.807) is 0 Å².